The van der Waals surface area contributed by atoms with Crippen LogP contribution in [0.1, 0.15) is 0 Å². The molecule has 1 aliphatic heterocycles. The highest BCUT2D eigenvalue weighted by atomic mass is 16.3. The van der Waals surface area contributed by atoms with Crippen LogP contribution in [0.5, 0.6) is 0 Å². The Bertz CT molecular complexity index is 88.1. The van der Waals surface area contributed by atoms with Gasteiger partial charge in [0.05, 0.1) is 6.61 Å². The van der Waals surface area contributed by atoms with Crippen LogP contribution in [0.4, 0.5) is 0 Å². The molecule has 2 N–H and O–H groups in total. The summed E-state index contributed by atoms with van der Waals surface area (Å²) in [5.41, 5.74) is 1.11. The SMILES string of the molecule is OCC1=CCNC1. The Morgan fingerprint density at radius 1 is 1.86 bits per heavy atom. The largest absolute Gasteiger partial charge is 0.392 e. The van der Waals surface area contributed by atoms with Crippen LogP contribution in [0.3, 0.4) is 0 Å². The number of aliphatic hydroxyl groups is 1. The molecule has 2 heteroatoms. The average molecular weight is 99.1 g/mol. The maximum absolute atomic E-state index is 8.46. The fourth-order valence-electron chi connectivity index (χ4n) is 0.642. The van der Waals surface area contributed by atoms with Crippen molar-refractivity contribution in [2.24, 2.45) is 0 Å². The quantitative estimate of drug-likeness (QED) is 0.435. The Hall–Kier alpha value is -0.340. The van der Waals surface area contributed by atoms with E-state index >= 15 is 0 Å². The van der Waals surface area contributed by atoms with Gasteiger partial charge >= 0.3 is 0 Å². The van der Waals surface area contributed by atoms with Gasteiger partial charge in [0, 0.05) is 13.1 Å². The molecule has 0 aromatic rings. The van der Waals surface area contributed by atoms with E-state index < -0.39 is 0 Å². The molecule has 0 amide bonds. The summed E-state index contributed by atoms with van der Waals surface area (Å²) < 4.78 is 0. The predicted molar refractivity (Wildman–Crippen MR) is 28.0 cm³/mol. The van der Waals surface area contributed by atoms with Gasteiger partial charge in [-0.25, -0.2) is 0 Å². The average Bonchev–Trinajstić information content (AvgIpc) is 2.14. The third kappa shape index (κ3) is 1.01. The summed E-state index contributed by atoms with van der Waals surface area (Å²) in [7, 11) is 0. The molecule has 0 atom stereocenters. The molecule has 0 aliphatic carbocycles. The standard InChI is InChI=1S/C5H9NO/c7-4-5-1-2-6-3-5/h1,6-7H,2-4H2. The van der Waals surface area contributed by atoms with Gasteiger partial charge in [-0.2, -0.15) is 0 Å². The van der Waals surface area contributed by atoms with E-state index in [1.807, 2.05) is 6.08 Å². The van der Waals surface area contributed by atoms with Gasteiger partial charge in [0.2, 0.25) is 0 Å². The Labute approximate surface area is 42.8 Å². The summed E-state index contributed by atoms with van der Waals surface area (Å²) in [6, 6.07) is 0. The van der Waals surface area contributed by atoms with E-state index in [1.54, 1.807) is 0 Å². The van der Waals surface area contributed by atoms with Gasteiger partial charge < -0.3 is 10.4 Å². The third-order valence-corrected chi connectivity index (χ3v) is 1.09. The zero-order valence-electron chi connectivity index (χ0n) is 4.15. The third-order valence-electron chi connectivity index (χ3n) is 1.09. The van der Waals surface area contributed by atoms with Crippen molar-refractivity contribution in [3.8, 4) is 0 Å². The van der Waals surface area contributed by atoms with Crippen LogP contribution >= 0.6 is 0 Å². The van der Waals surface area contributed by atoms with E-state index in [1.165, 1.54) is 0 Å². The van der Waals surface area contributed by atoms with Gasteiger partial charge in [-0.15, -0.1) is 0 Å². The van der Waals surface area contributed by atoms with Crippen LogP contribution in [-0.4, -0.2) is 24.8 Å². The van der Waals surface area contributed by atoms with Crippen LogP contribution in [-0.2, 0) is 0 Å². The first-order valence-corrected chi connectivity index (χ1v) is 2.43. The Morgan fingerprint density at radius 3 is 3.00 bits per heavy atom. The topological polar surface area (TPSA) is 32.3 Å². The van der Waals surface area contributed by atoms with Crippen molar-refractivity contribution in [1.82, 2.24) is 5.32 Å². The molecule has 40 valence electrons. The lowest BCUT2D eigenvalue weighted by Gasteiger charge is -1.89. The smallest absolute Gasteiger partial charge is 0.0654 e. The Morgan fingerprint density at radius 2 is 2.71 bits per heavy atom. The summed E-state index contributed by atoms with van der Waals surface area (Å²) in [5, 5.41) is 11.5. The molecule has 0 bridgehead atoms. The molecule has 0 aromatic heterocycles. The molecular formula is C5H9NO. The molecule has 0 spiro atoms. The predicted octanol–water partition coefficient (Wildman–Crippen LogP) is -0.492. The second-order valence-electron chi connectivity index (χ2n) is 1.65. The van der Waals surface area contributed by atoms with E-state index in [0.717, 1.165) is 18.7 Å². The zero-order chi connectivity index (χ0) is 5.11. The van der Waals surface area contributed by atoms with E-state index in [2.05, 4.69) is 5.32 Å². The Balaban J connectivity index is 2.36. The number of nitrogens with one attached hydrogen (secondary N) is 1. The molecule has 0 fully saturated rings. The lowest BCUT2D eigenvalue weighted by atomic mass is 10.3. The second kappa shape index (κ2) is 2.09. The van der Waals surface area contributed by atoms with Crippen molar-refractivity contribution < 1.29 is 5.11 Å². The number of hydrogen-bond donors (Lipinski definition) is 2. The maximum atomic E-state index is 8.46. The number of rotatable bonds is 1. The van der Waals surface area contributed by atoms with Crippen molar-refractivity contribution in [3.63, 3.8) is 0 Å². The molecule has 7 heavy (non-hydrogen) atoms. The second-order valence-corrected chi connectivity index (χ2v) is 1.65. The minimum Gasteiger partial charge on any atom is -0.392 e. The monoisotopic (exact) mass is 99.1 g/mol. The minimum atomic E-state index is 0.215. The molecule has 0 unspecified atom stereocenters. The number of aliphatic hydroxyl groups excluding tert-OH is 1. The van der Waals surface area contributed by atoms with Crippen LogP contribution in [0, 0.1) is 0 Å². The molecule has 2 nitrogen and oxygen atoms in total. The lowest BCUT2D eigenvalue weighted by molar-refractivity contribution is 0.330. The molecule has 0 saturated heterocycles. The van der Waals surface area contributed by atoms with Gasteiger partial charge in [0.25, 0.3) is 0 Å². The van der Waals surface area contributed by atoms with E-state index in [-0.39, 0.29) is 6.61 Å². The summed E-state index contributed by atoms with van der Waals surface area (Å²) in [6.45, 7) is 2.01. The maximum Gasteiger partial charge on any atom is 0.0654 e. The summed E-state index contributed by atoms with van der Waals surface area (Å²) in [6.07, 6.45) is 2.01. The van der Waals surface area contributed by atoms with Crippen LogP contribution < -0.4 is 5.32 Å². The zero-order valence-corrected chi connectivity index (χ0v) is 4.15. The number of hydrogen-bond acceptors (Lipinski definition) is 2. The van der Waals surface area contributed by atoms with Crippen molar-refractivity contribution in [1.29, 1.82) is 0 Å². The van der Waals surface area contributed by atoms with Crippen LogP contribution in [0.15, 0.2) is 11.6 Å². The minimum absolute atomic E-state index is 0.215. The van der Waals surface area contributed by atoms with Gasteiger partial charge in [0.1, 0.15) is 0 Å². The van der Waals surface area contributed by atoms with Crippen LogP contribution in [0.2, 0.25) is 0 Å². The highest BCUT2D eigenvalue weighted by Crippen LogP contribution is 1.94. The molecule has 0 radical (unpaired) electrons. The lowest BCUT2D eigenvalue weighted by Crippen LogP contribution is -2.08. The van der Waals surface area contributed by atoms with Crippen molar-refractivity contribution >= 4 is 0 Å². The van der Waals surface area contributed by atoms with Gasteiger partial charge in [-0.1, -0.05) is 6.08 Å². The first-order valence-electron chi connectivity index (χ1n) is 2.43. The van der Waals surface area contributed by atoms with E-state index in [0.29, 0.717) is 0 Å². The molecule has 1 rings (SSSR count). The van der Waals surface area contributed by atoms with E-state index in [4.69, 9.17) is 5.11 Å². The van der Waals surface area contributed by atoms with Gasteiger partial charge in [-0.05, 0) is 5.57 Å². The summed E-state index contributed by atoms with van der Waals surface area (Å²) in [5.74, 6) is 0. The van der Waals surface area contributed by atoms with Crippen molar-refractivity contribution in [2.45, 2.75) is 0 Å². The molecule has 1 aliphatic rings. The molecular weight excluding hydrogens is 90.1 g/mol. The summed E-state index contributed by atoms with van der Waals surface area (Å²) >= 11 is 0. The molecule has 0 saturated carbocycles. The Kier molecular flexibility index (Phi) is 1.44. The fraction of sp³-hybridized carbons (Fsp3) is 0.600. The highest BCUT2D eigenvalue weighted by molar-refractivity contribution is 5.10. The first-order chi connectivity index (χ1) is 3.43. The highest BCUT2D eigenvalue weighted by Gasteiger charge is 1.98. The normalized spacial score (nSPS) is 19.9. The van der Waals surface area contributed by atoms with Gasteiger partial charge in [0.15, 0.2) is 0 Å². The van der Waals surface area contributed by atoms with Crippen LogP contribution in [0.25, 0.3) is 0 Å². The summed E-state index contributed by atoms with van der Waals surface area (Å²) in [4.78, 5) is 0. The fourth-order valence-corrected chi connectivity index (χ4v) is 0.642. The van der Waals surface area contributed by atoms with Crippen molar-refractivity contribution in [3.05, 3.63) is 11.6 Å². The van der Waals surface area contributed by atoms with E-state index in [9.17, 15) is 0 Å². The van der Waals surface area contributed by atoms with Gasteiger partial charge in [-0.3, -0.25) is 0 Å². The van der Waals surface area contributed by atoms with Crippen molar-refractivity contribution in [2.75, 3.05) is 19.7 Å². The molecule has 1 heterocycles. The first kappa shape index (κ1) is 4.81. The molecule has 0 aromatic carbocycles.